The molecular weight excluding hydrogens is 519 g/mol. The average molecular weight is 551 g/mol. The zero-order valence-electron chi connectivity index (χ0n) is 17.9. The van der Waals surface area contributed by atoms with Crippen LogP contribution < -0.4 is 20.3 Å². The highest BCUT2D eigenvalue weighted by atomic mass is 127. The van der Waals surface area contributed by atoms with E-state index >= 15 is 0 Å². The van der Waals surface area contributed by atoms with Gasteiger partial charge in [-0.25, -0.2) is 0 Å². The number of ether oxygens (including phenoxy) is 1. The Bertz CT molecular complexity index is 737. The number of carbonyl (C=O) groups excluding carboxylic acids is 1. The summed E-state index contributed by atoms with van der Waals surface area (Å²) in [5.74, 6) is 1.19. The number of alkyl halides is 2. The molecule has 0 aromatic heterocycles. The first-order valence-electron chi connectivity index (χ1n) is 10.7. The van der Waals surface area contributed by atoms with Crippen LogP contribution in [0.5, 0.6) is 5.75 Å². The maximum atomic E-state index is 12.7. The molecule has 0 saturated carbocycles. The minimum absolute atomic E-state index is 0. The molecule has 10 heteroatoms. The Kier molecular flexibility index (Phi) is 10.6. The van der Waals surface area contributed by atoms with E-state index < -0.39 is 6.61 Å². The first kappa shape index (κ1) is 25.4. The Hall–Kier alpha value is -1.85. The summed E-state index contributed by atoms with van der Waals surface area (Å²) in [5.41, 5.74) is 0.680. The van der Waals surface area contributed by atoms with Crippen molar-refractivity contribution in [2.24, 2.45) is 4.99 Å². The molecule has 2 saturated heterocycles. The minimum atomic E-state index is -2.84. The fraction of sp³-hybridized carbons (Fsp3) is 0.619. The second-order valence-corrected chi connectivity index (χ2v) is 7.52. The number of carbonyl (C=O) groups is 1. The van der Waals surface area contributed by atoms with Crippen molar-refractivity contribution in [3.05, 3.63) is 24.3 Å². The molecule has 2 heterocycles. The smallest absolute Gasteiger partial charge is 0.387 e. The van der Waals surface area contributed by atoms with Gasteiger partial charge in [-0.15, -0.1) is 24.0 Å². The lowest BCUT2D eigenvalue weighted by molar-refractivity contribution is -0.127. The van der Waals surface area contributed by atoms with Gasteiger partial charge in [0.15, 0.2) is 5.96 Å². The highest BCUT2D eigenvalue weighted by molar-refractivity contribution is 14.0. The Morgan fingerprint density at radius 3 is 2.84 bits per heavy atom. The molecule has 0 bridgehead atoms. The average Bonchev–Trinajstić information content (AvgIpc) is 3.34. The van der Waals surface area contributed by atoms with Crippen molar-refractivity contribution in [1.82, 2.24) is 15.5 Å². The van der Waals surface area contributed by atoms with E-state index in [1.807, 2.05) is 17.9 Å². The van der Waals surface area contributed by atoms with E-state index in [9.17, 15) is 13.6 Å². The number of halogens is 3. The fourth-order valence-electron chi connectivity index (χ4n) is 3.92. The number of nitrogens with one attached hydrogen (secondary N) is 2. The molecule has 0 radical (unpaired) electrons. The highest BCUT2D eigenvalue weighted by Gasteiger charge is 2.26. The maximum Gasteiger partial charge on any atom is 0.387 e. The number of hydrogen-bond acceptors (Lipinski definition) is 4. The van der Waals surface area contributed by atoms with Crippen LogP contribution in [-0.2, 0) is 4.79 Å². The van der Waals surface area contributed by atoms with Crippen LogP contribution >= 0.6 is 24.0 Å². The highest BCUT2D eigenvalue weighted by Crippen LogP contribution is 2.31. The van der Waals surface area contributed by atoms with Crippen molar-refractivity contribution in [2.45, 2.75) is 45.3 Å². The molecule has 1 aromatic carbocycles. The van der Waals surface area contributed by atoms with Crippen LogP contribution in [0.3, 0.4) is 0 Å². The van der Waals surface area contributed by atoms with Crippen LogP contribution in [0, 0.1) is 0 Å². The molecule has 2 aliphatic rings. The van der Waals surface area contributed by atoms with Crippen LogP contribution in [0.25, 0.3) is 0 Å². The first-order valence-corrected chi connectivity index (χ1v) is 10.7. The van der Waals surface area contributed by atoms with Gasteiger partial charge in [0.25, 0.3) is 0 Å². The van der Waals surface area contributed by atoms with Crippen molar-refractivity contribution in [3.8, 4) is 5.75 Å². The number of para-hydroxylation sites is 2. The molecule has 1 atom stereocenters. The van der Waals surface area contributed by atoms with Gasteiger partial charge in [-0.2, -0.15) is 8.78 Å². The van der Waals surface area contributed by atoms with Crippen molar-refractivity contribution in [2.75, 3.05) is 44.2 Å². The monoisotopic (exact) mass is 551 g/mol. The molecule has 31 heavy (non-hydrogen) atoms. The molecule has 1 amide bonds. The Morgan fingerprint density at radius 2 is 2.13 bits per heavy atom. The van der Waals surface area contributed by atoms with E-state index in [1.165, 1.54) is 0 Å². The normalized spacial score (nSPS) is 19.0. The van der Waals surface area contributed by atoms with Crippen LogP contribution in [0.1, 0.15) is 32.6 Å². The molecule has 3 rings (SSSR count). The number of nitrogens with zero attached hydrogens (tertiary/aromatic N) is 3. The third-order valence-electron chi connectivity index (χ3n) is 5.32. The number of anilines is 1. The molecule has 174 valence electrons. The Balaban J connectivity index is 0.00000341. The molecule has 2 N–H and O–H groups in total. The van der Waals surface area contributed by atoms with E-state index in [4.69, 9.17) is 0 Å². The lowest BCUT2D eigenvalue weighted by Gasteiger charge is -2.22. The van der Waals surface area contributed by atoms with Gasteiger partial charge in [0.05, 0.1) is 5.69 Å². The van der Waals surface area contributed by atoms with Gasteiger partial charge in [-0.1, -0.05) is 12.1 Å². The van der Waals surface area contributed by atoms with E-state index in [1.54, 1.807) is 18.2 Å². The van der Waals surface area contributed by atoms with Gasteiger partial charge in [0.1, 0.15) is 5.75 Å². The molecule has 0 aliphatic carbocycles. The topological polar surface area (TPSA) is 69.2 Å². The summed E-state index contributed by atoms with van der Waals surface area (Å²) >= 11 is 0. The maximum absolute atomic E-state index is 12.7. The van der Waals surface area contributed by atoms with Crippen molar-refractivity contribution in [3.63, 3.8) is 0 Å². The lowest BCUT2D eigenvalue weighted by atomic mass is 10.2. The van der Waals surface area contributed by atoms with Gasteiger partial charge in [0, 0.05) is 51.7 Å². The number of rotatable bonds is 9. The summed E-state index contributed by atoms with van der Waals surface area (Å²) in [7, 11) is 0. The number of guanidine groups is 1. The van der Waals surface area contributed by atoms with Crippen LogP contribution in [-0.4, -0.2) is 68.7 Å². The van der Waals surface area contributed by atoms with E-state index in [0.29, 0.717) is 25.2 Å². The predicted molar refractivity (Wildman–Crippen MR) is 129 cm³/mol. The van der Waals surface area contributed by atoms with Crippen molar-refractivity contribution < 1.29 is 18.3 Å². The summed E-state index contributed by atoms with van der Waals surface area (Å²) in [4.78, 5) is 20.3. The zero-order valence-corrected chi connectivity index (χ0v) is 20.2. The Labute approximate surface area is 199 Å². The van der Waals surface area contributed by atoms with Crippen LogP contribution in [0.4, 0.5) is 14.5 Å². The number of hydrogen-bond donors (Lipinski definition) is 2. The second-order valence-electron chi connectivity index (χ2n) is 7.52. The van der Waals surface area contributed by atoms with E-state index in [-0.39, 0.29) is 41.7 Å². The quantitative estimate of drug-likeness (QED) is 0.214. The summed E-state index contributed by atoms with van der Waals surface area (Å²) in [6.07, 6.45) is 3.32. The summed E-state index contributed by atoms with van der Waals surface area (Å²) in [5, 5.41) is 6.70. The largest absolute Gasteiger partial charge is 0.433 e. The van der Waals surface area contributed by atoms with Crippen molar-refractivity contribution >= 4 is 41.5 Å². The lowest BCUT2D eigenvalue weighted by Crippen LogP contribution is -2.44. The SMILES string of the molecule is CCNC(=NCCCN1CCCC1=O)NC1CCN(c2ccccc2OC(F)F)C1.I. The van der Waals surface area contributed by atoms with Crippen molar-refractivity contribution in [1.29, 1.82) is 0 Å². The van der Waals surface area contributed by atoms with Crippen LogP contribution in [0.15, 0.2) is 29.3 Å². The third kappa shape index (κ3) is 7.65. The molecule has 1 unspecified atom stereocenters. The minimum Gasteiger partial charge on any atom is -0.433 e. The predicted octanol–water partition coefficient (Wildman–Crippen LogP) is 3.05. The molecule has 2 fully saturated rings. The molecule has 1 aromatic rings. The number of amides is 1. The van der Waals surface area contributed by atoms with Gasteiger partial charge >= 0.3 is 6.61 Å². The summed E-state index contributed by atoms with van der Waals surface area (Å²) < 4.78 is 30.0. The second kappa shape index (κ2) is 12.9. The standard InChI is InChI=1S/C21H31F2N5O2.HI/c1-2-24-21(25-11-6-13-27-12-5-9-19(27)29)26-16-10-14-28(15-16)17-7-3-4-8-18(17)30-20(22)23;/h3-4,7-8,16,20H,2,5-6,9-15H2,1H3,(H2,24,25,26);1H. The zero-order chi connectivity index (χ0) is 21.3. The van der Waals surface area contributed by atoms with E-state index in [2.05, 4.69) is 25.3 Å². The number of aliphatic imine (C=N–C) groups is 1. The number of benzene rings is 1. The van der Waals surface area contributed by atoms with Crippen LogP contribution in [0.2, 0.25) is 0 Å². The fourth-order valence-corrected chi connectivity index (χ4v) is 3.92. The number of likely N-dealkylation sites (tertiary alicyclic amines) is 1. The molecule has 2 aliphatic heterocycles. The molecule has 0 spiro atoms. The molecule has 7 nitrogen and oxygen atoms in total. The Morgan fingerprint density at radius 1 is 1.32 bits per heavy atom. The first-order chi connectivity index (χ1) is 14.6. The molecular formula is C21H32F2IN5O2. The van der Waals surface area contributed by atoms with Gasteiger partial charge in [-0.3, -0.25) is 9.79 Å². The third-order valence-corrected chi connectivity index (χ3v) is 5.32. The summed E-state index contributed by atoms with van der Waals surface area (Å²) in [6.45, 7) is 3.59. The van der Waals surface area contributed by atoms with Gasteiger partial charge in [0.2, 0.25) is 5.91 Å². The summed E-state index contributed by atoms with van der Waals surface area (Å²) in [6, 6.07) is 7.05. The van der Waals surface area contributed by atoms with Gasteiger partial charge < -0.3 is 25.2 Å². The van der Waals surface area contributed by atoms with Gasteiger partial charge in [-0.05, 0) is 38.3 Å². The van der Waals surface area contributed by atoms with E-state index in [0.717, 1.165) is 51.4 Å².